The Morgan fingerprint density at radius 1 is 1.29 bits per heavy atom. The summed E-state index contributed by atoms with van der Waals surface area (Å²) >= 11 is 11.8. The first-order valence-corrected chi connectivity index (χ1v) is 7.60. The Labute approximate surface area is 167 Å². The minimum absolute atomic E-state index is 0. The highest BCUT2D eigenvalue weighted by atomic mass is 127. The van der Waals surface area contributed by atoms with Gasteiger partial charge in [0.15, 0.2) is 5.96 Å². The molecule has 0 fully saturated rings. The summed E-state index contributed by atoms with van der Waals surface area (Å²) < 4.78 is 5.09. The normalized spacial score (nSPS) is 10.7. The van der Waals surface area contributed by atoms with Gasteiger partial charge in [-0.3, -0.25) is 4.99 Å². The zero-order chi connectivity index (χ0) is 16.7. The lowest BCUT2D eigenvalue weighted by Gasteiger charge is -2.08. The molecule has 0 aliphatic heterocycles. The lowest BCUT2D eigenvalue weighted by molar-refractivity contribution is 0.415. The molecule has 0 bridgehead atoms. The molecule has 0 radical (unpaired) electrons. The monoisotopic (exact) mass is 481 g/mol. The van der Waals surface area contributed by atoms with E-state index >= 15 is 0 Å². The van der Waals surface area contributed by atoms with E-state index in [-0.39, 0.29) is 24.0 Å². The molecular formula is C15H18Cl2IN5O. The van der Waals surface area contributed by atoms with Crippen molar-refractivity contribution in [2.24, 2.45) is 10.7 Å². The Hall–Kier alpha value is -1.45. The Kier molecular flexibility index (Phi) is 8.94. The summed E-state index contributed by atoms with van der Waals surface area (Å²) in [7, 11) is 1.62. The van der Waals surface area contributed by atoms with E-state index in [9.17, 15) is 0 Å². The smallest absolute Gasteiger partial charge is 0.193 e. The van der Waals surface area contributed by atoms with Crippen LogP contribution in [0, 0.1) is 0 Å². The van der Waals surface area contributed by atoms with Crippen LogP contribution in [0.2, 0.25) is 10.0 Å². The highest BCUT2D eigenvalue weighted by Crippen LogP contribution is 2.22. The van der Waals surface area contributed by atoms with E-state index in [4.69, 9.17) is 33.7 Å². The molecule has 0 unspecified atom stereocenters. The molecule has 0 aliphatic carbocycles. The van der Waals surface area contributed by atoms with E-state index in [0.29, 0.717) is 34.9 Å². The minimum atomic E-state index is 0. The van der Waals surface area contributed by atoms with Gasteiger partial charge in [-0.1, -0.05) is 23.2 Å². The third kappa shape index (κ3) is 6.58. The summed E-state index contributed by atoms with van der Waals surface area (Å²) in [5, 5.41) is 7.02. The number of ether oxygens (including phenoxy) is 1. The number of rotatable bonds is 6. The van der Waals surface area contributed by atoms with E-state index in [1.165, 1.54) is 6.20 Å². The highest BCUT2D eigenvalue weighted by Gasteiger charge is 2.01. The van der Waals surface area contributed by atoms with Crippen molar-refractivity contribution in [2.45, 2.75) is 0 Å². The van der Waals surface area contributed by atoms with Crippen LogP contribution in [0.3, 0.4) is 0 Å². The van der Waals surface area contributed by atoms with Crippen LogP contribution in [0.15, 0.2) is 41.5 Å². The predicted octanol–water partition coefficient (Wildman–Crippen LogP) is 3.85. The van der Waals surface area contributed by atoms with Crippen molar-refractivity contribution in [3.05, 3.63) is 46.6 Å². The first-order chi connectivity index (χ1) is 11.1. The number of nitrogens with one attached hydrogen (secondary N) is 2. The molecule has 4 N–H and O–H groups in total. The minimum Gasteiger partial charge on any atom is -0.497 e. The van der Waals surface area contributed by atoms with Crippen molar-refractivity contribution in [2.75, 3.05) is 30.8 Å². The fourth-order valence-electron chi connectivity index (χ4n) is 1.76. The number of benzene rings is 1. The molecule has 130 valence electrons. The summed E-state index contributed by atoms with van der Waals surface area (Å²) in [5.74, 6) is 1.67. The second-order valence-corrected chi connectivity index (χ2v) is 5.37. The number of methoxy groups -OCH3 is 1. The number of halogens is 3. The van der Waals surface area contributed by atoms with Gasteiger partial charge in [0.05, 0.1) is 23.7 Å². The van der Waals surface area contributed by atoms with Gasteiger partial charge >= 0.3 is 0 Å². The molecule has 0 spiro atoms. The summed E-state index contributed by atoms with van der Waals surface area (Å²) in [6.45, 7) is 1.01. The number of nitrogens with zero attached hydrogens (tertiary/aromatic N) is 2. The van der Waals surface area contributed by atoms with E-state index in [1.807, 2.05) is 24.3 Å². The van der Waals surface area contributed by atoms with Gasteiger partial charge in [0.1, 0.15) is 11.6 Å². The lowest BCUT2D eigenvalue weighted by Crippen LogP contribution is -2.23. The van der Waals surface area contributed by atoms with Gasteiger partial charge in [-0.05, 0) is 30.3 Å². The van der Waals surface area contributed by atoms with Gasteiger partial charge in [-0.2, -0.15) is 0 Å². The molecule has 2 aromatic rings. The second-order valence-electron chi connectivity index (χ2n) is 4.53. The van der Waals surface area contributed by atoms with Crippen molar-refractivity contribution >= 4 is 64.6 Å². The fraction of sp³-hybridized carbons (Fsp3) is 0.200. The molecule has 6 nitrogen and oxygen atoms in total. The number of guanidine groups is 1. The van der Waals surface area contributed by atoms with Crippen LogP contribution in [-0.4, -0.2) is 31.1 Å². The summed E-state index contributed by atoms with van der Waals surface area (Å²) in [5.41, 5.74) is 6.66. The Balaban J connectivity index is 0.00000288. The first kappa shape index (κ1) is 20.6. The molecule has 0 saturated heterocycles. The van der Waals surface area contributed by atoms with Gasteiger partial charge < -0.3 is 21.1 Å². The Morgan fingerprint density at radius 3 is 2.62 bits per heavy atom. The summed E-state index contributed by atoms with van der Waals surface area (Å²) in [6, 6.07) is 9.02. The Bertz CT molecular complexity index is 682. The summed E-state index contributed by atoms with van der Waals surface area (Å²) in [6.07, 6.45) is 1.53. The zero-order valence-corrected chi connectivity index (χ0v) is 16.8. The predicted molar refractivity (Wildman–Crippen MR) is 111 cm³/mol. The molecule has 0 amide bonds. The molecule has 0 saturated carbocycles. The van der Waals surface area contributed by atoms with Crippen molar-refractivity contribution in [3.8, 4) is 5.75 Å². The van der Waals surface area contributed by atoms with Crippen LogP contribution < -0.4 is 21.1 Å². The largest absolute Gasteiger partial charge is 0.497 e. The van der Waals surface area contributed by atoms with Crippen LogP contribution in [-0.2, 0) is 0 Å². The number of anilines is 2. The van der Waals surface area contributed by atoms with E-state index in [1.54, 1.807) is 13.2 Å². The standard InChI is InChI=1S/C15H17Cl2N5O.HI/c1-23-12-4-2-11(3-5-12)22-15(18)20-7-6-19-14-13(17)8-10(16)9-21-14;/h2-5,8-9H,6-7H2,1H3,(H,19,21)(H3,18,20,22);1H. The average Bonchev–Trinajstić information content (AvgIpc) is 2.54. The fourth-order valence-corrected chi connectivity index (χ4v) is 2.20. The molecule has 0 aliphatic rings. The van der Waals surface area contributed by atoms with Gasteiger partial charge in [0.25, 0.3) is 0 Å². The average molecular weight is 482 g/mol. The van der Waals surface area contributed by atoms with Crippen molar-refractivity contribution in [3.63, 3.8) is 0 Å². The van der Waals surface area contributed by atoms with Gasteiger partial charge in [-0.25, -0.2) is 4.98 Å². The highest BCUT2D eigenvalue weighted by molar-refractivity contribution is 14.0. The van der Waals surface area contributed by atoms with Gasteiger partial charge in [0, 0.05) is 18.4 Å². The van der Waals surface area contributed by atoms with E-state index in [0.717, 1.165) is 11.4 Å². The van der Waals surface area contributed by atoms with Gasteiger partial charge in [-0.15, -0.1) is 24.0 Å². The van der Waals surface area contributed by atoms with Crippen LogP contribution >= 0.6 is 47.2 Å². The maximum Gasteiger partial charge on any atom is 0.193 e. The van der Waals surface area contributed by atoms with E-state index in [2.05, 4.69) is 20.6 Å². The van der Waals surface area contributed by atoms with Crippen molar-refractivity contribution in [1.29, 1.82) is 0 Å². The number of pyridine rings is 1. The molecule has 24 heavy (non-hydrogen) atoms. The zero-order valence-electron chi connectivity index (χ0n) is 12.9. The van der Waals surface area contributed by atoms with Crippen molar-refractivity contribution < 1.29 is 4.74 Å². The third-order valence-corrected chi connectivity index (χ3v) is 3.35. The molecule has 2 rings (SSSR count). The number of aromatic nitrogens is 1. The maximum absolute atomic E-state index is 6.01. The number of hydrogen-bond donors (Lipinski definition) is 3. The maximum atomic E-state index is 6.01. The van der Waals surface area contributed by atoms with Crippen LogP contribution in [0.5, 0.6) is 5.75 Å². The van der Waals surface area contributed by atoms with Crippen LogP contribution in [0.25, 0.3) is 0 Å². The topological polar surface area (TPSA) is 84.6 Å². The van der Waals surface area contributed by atoms with Gasteiger partial charge in [0.2, 0.25) is 0 Å². The molecule has 0 atom stereocenters. The molecule has 1 aromatic heterocycles. The van der Waals surface area contributed by atoms with Crippen molar-refractivity contribution in [1.82, 2.24) is 4.98 Å². The number of aliphatic imine (C=N–C) groups is 1. The number of hydrogen-bond acceptors (Lipinski definition) is 4. The molecule has 9 heteroatoms. The molecular weight excluding hydrogens is 464 g/mol. The second kappa shape index (κ2) is 10.4. The molecule has 1 aromatic carbocycles. The van der Waals surface area contributed by atoms with Crippen LogP contribution in [0.1, 0.15) is 0 Å². The quantitative estimate of drug-likeness (QED) is 0.252. The van der Waals surface area contributed by atoms with E-state index < -0.39 is 0 Å². The summed E-state index contributed by atoms with van der Waals surface area (Å²) in [4.78, 5) is 8.31. The lowest BCUT2D eigenvalue weighted by atomic mass is 10.3. The first-order valence-electron chi connectivity index (χ1n) is 6.84. The third-order valence-electron chi connectivity index (χ3n) is 2.86. The number of nitrogens with two attached hydrogens (primary N) is 1. The van der Waals surface area contributed by atoms with Crippen LogP contribution in [0.4, 0.5) is 11.5 Å². The Morgan fingerprint density at radius 2 is 2.00 bits per heavy atom. The SMILES string of the molecule is COc1ccc(NC(N)=NCCNc2ncc(Cl)cc2Cl)cc1.I. The molecule has 1 heterocycles.